The molecule has 0 aromatic carbocycles. The van der Waals surface area contributed by atoms with E-state index in [4.69, 9.17) is 21.1 Å². The first-order valence-electron chi connectivity index (χ1n) is 5.28. The number of aromatic nitrogens is 3. The molecule has 1 aromatic rings. The molecule has 0 radical (unpaired) electrons. The van der Waals surface area contributed by atoms with E-state index in [-0.39, 0.29) is 17.3 Å². The van der Waals surface area contributed by atoms with Gasteiger partial charge in [-0.15, -0.1) is 0 Å². The SMILES string of the molecule is COc1nc(Cl)nc(NCC2COCCN2)n1. The van der Waals surface area contributed by atoms with Crippen molar-refractivity contribution in [3.63, 3.8) is 0 Å². The van der Waals surface area contributed by atoms with Gasteiger partial charge in [0.2, 0.25) is 11.2 Å². The van der Waals surface area contributed by atoms with E-state index in [1.165, 1.54) is 7.11 Å². The zero-order valence-electron chi connectivity index (χ0n) is 9.44. The van der Waals surface area contributed by atoms with Crippen LogP contribution in [0.2, 0.25) is 5.28 Å². The number of morpholine rings is 1. The van der Waals surface area contributed by atoms with Gasteiger partial charge in [0.05, 0.1) is 20.3 Å². The average molecular weight is 260 g/mol. The molecular weight excluding hydrogens is 246 g/mol. The van der Waals surface area contributed by atoms with Crippen LogP contribution in [0, 0.1) is 0 Å². The normalized spacial score (nSPS) is 20.0. The zero-order chi connectivity index (χ0) is 12.1. The predicted molar refractivity (Wildman–Crippen MR) is 62.5 cm³/mol. The highest BCUT2D eigenvalue weighted by Crippen LogP contribution is 2.10. The van der Waals surface area contributed by atoms with Crippen molar-refractivity contribution in [2.75, 3.05) is 38.7 Å². The van der Waals surface area contributed by atoms with Crippen molar-refractivity contribution in [3.05, 3.63) is 5.28 Å². The second-order valence-corrected chi connectivity index (χ2v) is 3.86. The molecule has 0 bridgehead atoms. The summed E-state index contributed by atoms with van der Waals surface area (Å²) in [7, 11) is 1.48. The molecule has 1 fully saturated rings. The number of rotatable bonds is 4. The van der Waals surface area contributed by atoms with Crippen molar-refractivity contribution in [1.29, 1.82) is 0 Å². The Balaban J connectivity index is 1.91. The van der Waals surface area contributed by atoms with Crippen molar-refractivity contribution in [2.24, 2.45) is 0 Å². The minimum Gasteiger partial charge on any atom is -0.467 e. The highest BCUT2D eigenvalue weighted by Gasteiger charge is 2.13. The summed E-state index contributed by atoms with van der Waals surface area (Å²) in [6.07, 6.45) is 0. The predicted octanol–water partition coefficient (Wildman–Crippen LogP) is -0.0661. The van der Waals surface area contributed by atoms with Crippen LogP contribution in [-0.4, -0.2) is 54.4 Å². The fourth-order valence-electron chi connectivity index (χ4n) is 1.47. The van der Waals surface area contributed by atoms with Crippen molar-refractivity contribution in [3.8, 4) is 6.01 Å². The third-order valence-electron chi connectivity index (χ3n) is 2.28. The largest absolute Gasteiger partial charge is 0.467 e. The van der Waals surface area contributed by atoms with Gasteiger partial charge in [0, 0.05) is 19.1 Å². The number of anilines is 1. The molecule has 0 amide bonds. The quantitative estimate of drug-likeness (QED) is 0.784. The van der Waals surface area contributed by atoms with Gasteiger partial charge in [-0.05, 0) is 11.6 Å². The van der Waals surface area contributed by atoms with Gasteiger partial charge in [0.1, 0.15) is 0 Å². The second kappa shape index (κ2) is 5.95. The number of nitrogens with one attached hydrogen (secondary N) is 2. The number of ether oxygens (including phenoxy) is 2. The van der Waals surface area contributed by atoms with Crippen LogP contribution in [-0.2, 0) is 4.74 Å². The summed E-state index contributed by atoms with van der Waals surface area (Å²) in [5.74, 6) is 0.397. The molecule has 94 valence electrons. The van der Waals surface area contributed by atoms with Crippen LogP contribution in [0.1, 0.15) is 0 Å². The smallest absolute Gasteiger partial charge is 0.322 e. The maximum absolute atomic E-state index is 5.73. The van der Waals surface area contributed by atoms with E-state index in [1.807, 2.05) is 0 Å². The molecule has 1 aromatic heterocycles. The van der Waals surface area contributed by atoms with Crippen LogP contribution in [0.5, 0.6) is 6.01 Å². The minimum absolute atomic E-state index is 0.104. The van der Waals surface area contributed by atoms with Crippen LogP contribution in [0.4, 0.5) is 5.95 Å². The molecule has 0 spiro atoms. The Morgan fingerprint density at radius 3 is 3.12 bits per heavy atom. The van der Waals surface area contributed by atoms with Crippen LogP contribution < -0.4 is 15.4 Å². The Hall–Kier alpha value is -1.18. The fraction of sp³-hybridized carbons (Fsp3) is 0.667. The number of nitrogens with zero attached hydrogens (tertiary/aromatic N) is 3. The maximum atomic E-state index is 5.73. The summed E-state index contributed by atoms with van der Waals surface area (Å²) in [5.41, 5.74) is 0. The third-order valence-corrected chi connectivity index (χ3v) is 2.44. The van der Waals surface area contributed by atoms with Crippen LogP contribution in [0.15, 0.2) is 0 Å². The summed E-state index contributed by atoms with van der Waals surface area (Å²) < 4.78 is 10.2. The molecule has 2 rings (SSSR count). The molecule has 2 heterocycles. The summed E-state index contributed by atoms with van der Waals surface area (Å²) >= 11 is 5.73. The van der Waals surface area contributed by atoms with Crippen LogP contribution >= 0.6 is 11.6 Å². The second-order valence-electron chi connectivity index (χ2n) is 3.52. The van der Waals surface area contributed by atoms with E-state index in [2.05, 4.69) is 25.6 Å². The number of hydrogen-bond acceptors (Lipinski definition) is 7. The van der Waals surface area contributed by atoms with Gasteiger partial charge in [-0.1, -0.05) is 0 Å². The van der Waals surface area contributed by atoms with Gasteiger partial charge in [0.15, 0.2) is 0 Å². The number of methoxy groups -OCH3 is 1. The van der Waals surface area contributed by atoms with Gasteiger partial charge < -0.3 is 20.1 Å². The van der Waals surface area contributed by atoms with Crippen LogP contribution in [0.3, 0.4) is 0 Å². The van der Waals surface area contributed by atoms with E-state index in [1.54, 1.807) is 0 Å². The Morgan fingerprint density at radius 2 is 2.41 bits per heavy atom. The lowest BCUT2D eigenvalue weighted by atomic mass is 10.3. The van der Waals surface area contributed by atoms with Crippen molar-refractivity contribution in [1.82, 2.24) is 20.3 Å². The molecule has 2 N–H and O–H groups in total. The van der Waals surface area contributed by atoms with Crippen LogP contribution in [0.25, 0.3) is 0 Å². The third kappa shape index (κ3) is 3.65. The van der Waals surface area contributed by atoms with Crippen molar-refractivity contribution >= 4 is 17.5 Å². The minimum atomic E-state index is 0.104. The van der Waals surface area contributed by atoms with Gasteiger partial charge >= 0.3 is 6.01 Å². The first kappa shape index (κ1) is 12.3. The number of hydrogen-bond donors (Lipinski definition) is 2. The van der Waals surface area contributed by atoms with E-state index in [0.29, 0.717) is 19.1 Å². The fourth-order valence-corrected chi connectivity index (χ4v) is 1.62. The summed E-state index contributed by atoms with van der Waals surface area (Å²) in [6, 6.07) is 0.436. The highest BCUT2D eigenvalue weighted by molar-refractivity contribution is 6.28. The Morgan fingerprint density at radius 1 is 1.53 bits per heavy atom. The molecule has 7 nitrogen and oxygen atoms in total. The monoisotopic (exact) mass is 259 g/mol. The van der Waals surface area contributed by atoms with Gasteiger partial charge in [0.25, 0.3) is 0 Å². The maximum Gasteiger partial charge on any atom is 0.322 e. The summed E-state index contributed by atoms with van der Waals surface area (Å²) in [5, 5.41) is 6.47. The van der Waals surface area contributed by atoms with Gasteiger partial charge in [-0.3, -0.25) is 0 Å². The zero-order valence-corrected chi connectivity index (χ0v) is 10.2. The average Bonchev–Trinajstić information content (AvgIpc) is 2.37. The van der Waals surface area contributed by atoms with E-state index >= 15 is 0 Å². The molecular formula is C9H14ClN5O2. The molecule has 0 saturated carbocycles. The highest BCUT2D eigenvalue weighted by atomic mass is 35.5. The Labute approximate surface area is 104 Å². The molecule has 0 aliphatic carbocycles. The topological polar surface area (TPSA) is 81.2 Å². The molecule has 1 aliphatic heterocycles. The molecule has 1 unspecified atom stereocenters. The molecule has 17 heavy (non-hydrogen) atoms. The first-order valence-corrected chi connectivity index (χ1v) is 5.66. The standard InChI is InChI=1S/C9H14ClN5O2/c1-16-9-14-7(10)13-8(15-9)12-4-6-5-17-3-2-11-6/h6,11H,2-5H2,1H3,(H,12,13,14,15). The lowest BCUT2D eigenvalue weighted by Crippen LogP contribution is -2.45. The number of halogens is 1. The molecule has 8 heteroatoms. The van der Waals surface area contributed by atoms with Gasteiger partial charge in [-0.2, -0.15) is 15.0 Å². The lowest BCUT2D eigenvalue weighted by molar-refractivity contribution is 0.0806. The van der Waals surface area contributed by atoms with E-state index in [0.717, 1.165) is 13.2 Å². The summed E-state index contributed by atoms with van der Waals surface area (Å²) in [6.45, 7) is 2.93. The Kier molecular flexibility index (Phi) is 4.29. The van der Waals surface area contributed by atoms with Crippen molar-refractivity contribution < 1.29 is 9.47 Å². The molecule has 1 saturated heterocycles. The van der Waals surface area contributed by atoms with Gasteiger partial charge in [-0.25, -0.2) is 0 Å². The molecule has 1 aliphatic rings. The Bertz CT molecular complexity index is 372. The van der Waals surface area contributed by atoms with E-state index < -0.39 is 0 Å². The van der Waals surface area contributed by atoms with E-state index in [9.17, 15) is 0 Å². The lowest BCUT2D eigenvalue weighted by Gasteiger charge is -2.23. The van der Waals surface area contributed by atoms with Crippen molar-refractivity contribution in [2.45, 2.75) is 6.04 Å². The molecule has 1 atom stereocenters. The summed E-state index contributed by atoms with van der Waals surface area (Å²) in [4.78, 5) is 11.8. The first-order chi connectivity index (χ1) is 8.28.